The monoisotopic (exact) mass is 174 g/mol. The zero-order valence-corrected chi connectivity index (χ0v) is 7.86. The second-order valence-electron chi connectivity index (χ2n) is 3.33. The normalized spacial score (nSPS) is 22.5. The van der Waals surface area contributed by atoms with Crippen LogP contribution in [0.1, 0.15) is 18.9 Å². The maximum atomic E-state index is 5.58. The highest BCUT2D eigenvalue weighted by molar-refractivity contribution is 5.68. The fraction of sp³-hybridized carbons (Fsp3) is 0.333. The van der Waals surface area contributed by atoms with Gasteiger partial charge in [-0.1, -0.05) is 36.4 Å². The summed E-state index contributed by atoms with van der Waals surface area (Å²) in [6, 6.07) is 10.4. The van der Waals surface area contributed by atoms with E-state index in [0.717, 1.165) is 13.0 Å². The molecule has 13 heavy (non-hydrogen) atoms. The van der Waals surface area contributed by atoms with Crippen molar-refractivity contribution in [2.45, 2.75) is 19.4 Å². The summed E-state index contributed by atoms with van der Waals surface area (Å²) in [5, 5.41) is 0. The Balaban J connectivity index is 2.30. The molecular weight excluding hydrogens is 160 g/mol. The van der Waals surface area contributed by atoms with Crippen LogP contribution < -0.4 is 0 Å². The van der Waals surface area contributed by atoms with E-state index in [2.05, 4.69) is 37.3 Å². The van der Waals surface area contributed by atoms with Crippen molar-refractivity contribution in [2.75, 3.05) is 6.61 Å². The van der Waals surface area contributed by atoms with E-state index in [1.54, 1.807) is 0 Å². The lowest BCUT2D eigenvalue weighted by atomic mass is 9.99. The molecule has 0 aromatic heterocycles. The van der Waals surface area contributed by atoms with Crippen LogP contribution in [0, 0.1) is 0 Å². The highest BCUT2D eigenvalue weighted by Gasteiger charge is 2.13. The van der Waals surface area contributed by atoms with Gasteiger partial charge in [-0.05, 0) is 24.5 Å². The van der Waals surface area contributed by atoms with Gasteiger partial charge in [-0.25, -0.2) is 0 Å². The second-order valence-corrected chi connectivity index (χ2v) is 3.33. The first kappa shape index (κ1) is 8.52. The summed E-state index contributed by atoms with van der Waals surface area (Å²) in [5.74, 6) is 0. The Hall–Kier alpha value is -1.08. The van der Waals surface area contributed by atoms with Gasteiger partial charge in [0.2, 0.25) is 0 Å². The molecule has 1 atom stereocenters. The molecule has 1 aromatic carbocycles. The molecule has 1 heteroatoms. The van der Waals surface area contributed by atoms with Gasteiger partial charge in [-0.2, -0.15) is 0 Å². The molecule has 1 aliphatic rings. The van der Waals surface area contributed by atoms with Crippen LogP contribution in [0.2, 0.25) is 0 Å². The fourth-order valence-electron chi connectivity index (χ4n) is 1.70. The first-order chi connectivity index (χ1) is 6.38. The molecule has 0 amide bonds. The SMILES string of the molecule is CC1OCCC=C1c1ccccc1. The third-order valence-corrected chi connectivity index (χ3v) is 2.40. The third kappa shape index (κ3) is 1.81. The van der Waals surface area contributed by atoms with Crippen molar-refractivity contribution in [1.29, 1.82) is 0 Å². The first-order valence-corrected chi connectivity index (χ1v) is 4.75. The number of benzene rings is 1. The van der Waals surface area contributed by atoms with Crippen LogP contribution in [0.4, 0.5) is 0 Å². The maximum Gasteiger partial charge on any atom is 0.0799 e. The molecule has 0 aliphatic carbocycles. The largest absolute Gasteiger partial charge is 0.373 e. The topological polar surface area (TPSA) is 9.23 Å². The Labute approximate surface area is 79.0 Å². The van der Waals surface area contributed by atoms with Gasteiger partial charge in [0.25, 0.3) is 0 Å². The highest BCUT2D eigenvalue weighted by Crippen LogP contribution is 2.24. The smallest absolute Gasteiger partial charge is 0.0799 e. The average molecular weight is 174 g/mol. The van der Waals surface area contributed by atoms with E-state index in [9.17, 15) is 0 Å². The Kier molecular flexibility index (Phi) is 2.46. The number of hydrogen-bond donors (Lipinski definition) is 0. The molecular formula is C12H14O. The minimum Gasteiger partial charge on any atom is -0.373 e. The fourth-order valence-corrected chi connectivity index (χ4v) is 1.70. The first-order valence-electron chi connectivity index (χ1n) is 4.75. The van der Waals surface area contributed by atoms with Crippen LogP contribution in [0.3, 0.4) is 0 Å². The summed E-state index contributed by atoms with van der Waals surface area (Å²) in [6.45, 7) is 2.97. The molecule has 0 radical (unpaired) electrons. The molecule has 0 saturated carbocycles. The minimum absolute atomic E-state index is 0.246. The lowest BCUT2D eigenvalue weighted by Gasteiger charge is -2.21. The van der Waals surface area contributed by atoms with Crippen molar-refractivity contribution in [2.24, 2.45) is 0 Å². The van der Waals surface area contributed by atoms with Crippen LogP contribution >= 0.6 is 0 Å². The number of rotatable bonds is 1. The number of ether oxygens (including phenoxy) is 1. The lowest BCUT2D eigenvalue weighted by molar-refractivity contribution is 0.0999. The van der Waals surface area contributed by atoms with Crippen molar-refractivity contribution in [1.82, 2.24) is 0 Å². The Bertz CT molecular complexity index is 300. The third-order valence-electron chi connectivity index (χ3n) is 2.40. The van der Waals surface area contributed by atoms with Crippen LogP contribution in [0.5, 0.6) is 0 Å². The highest BCUT2D eigenvalue weighted by atomic mass is 16.5. The van der Waals surface area contributed by atoms with Gasteiger partial charge in [0, 0.05) is 0 Å². The Morgan fingerprint density at radius 3 is 2.69 bits per heavy atom. The molecule has 1 unspecified atom stereocenters. The van der Waals surface area contributed by atoms with E-state index in [-0.39, 0.29) is 6.10 Å². The van der Waals surface area contributed by atoms with Crippen LogP contribution in [0.25, 0.3) is 5.57 Å². The van der Waals surface area contributed by atoms with E-state index in [1.165, 1.54) is 11.1 Å². The van der Waals surface area contributed by atoms with E-state index in [0.29, 0.717) is 0 Å². The van der Waals surface area contributed by atoms with Crippen molar-refractivity contribution in [3.63, 3.8) is 0 Å². The molecule has 0 saturated heterocycles. The van der Waals surface area contributed by atoms with E-state index in [4.69, 9.17) is 4.74 Å². The van der Waals surface area contributed by atoms with Crippen molar-refractivity contribution < 1.29 is 4.74 Å². The van der Waals surface area contributed by atoms with Gasteiger partial charge in [0.1, 0.15) is 0 Å². The maximum absolute atomic E-state index is 5.58. The minimum atomic E-state index is 0.246. The zero-order chi connectivity index (χ0) is 9.10. The molecule has 0 bridgehead atoms. The standard InChI is InChI=1S/C12H14O/c1-10-12(8-5-9-13-10)11-6-3-2-4-7-11/h2-4,6-8,10H,5,9H2,1H3. The molecule has 1 aliphatic heterocycles. The molecule has 1 nitrogen and oxygen atoms in total. The van der Waals surface area contributed by atoms with Crippen LogP contribution in [-0.4, -0.2) is 12.7 Å². The molecule has 2 rings (SSSR count). The average Bonchev–Trinajstić information content (AvgIpc) is 2.20. The predicted molar refractivity (Wildman–Crippen MR) is 54.5 cm³/mol. The summed E-state index contributed by atoms with van der Waals surface area (Å²) >= 11 is 0. The molecule has 0 spiro atoms. The van der Waals surface area contributed by atoms with Gasteiger partial charge in [0.05, 0.1) is 12.7 Å². The van der Waals surface area contributed by atoms with Gasteiger partial charge < -0.3 is 4.74 Å². The Morgan fingerprint density at radius 1 is 1.23 bits per heavy atom. The van der Waals surface area contributed by atoms with Crippen molar-refractivity contribution >= 4 is 5.57 Å². The summed E-state index contributed by atoms with van der Waals surface area (Å²) in [6.07, 6.45) is 3.56. The van der Waals surface area contributed by atoms with Crippen molar-refractivity contribution in [3.05, 3.63) is 42.0 Å². The van der Waals surface area contributed by atoms with E-state index >= 15 is 0 Å². The van der Waals surface area contributed by atoms with E-state index in [1.807, 2.05) is 6.07 Å². The molecule has 68 valence electrons. The summed E-state index contributed by atoms with van der Waals surface area (Å²) < 4.78 is 5.58. The summed E-state index contributed by atoms with van der Waals surface area (Å²) in [7, 11) is 0. The molecule has 1 heterocycles. The molecule has 0 N–H and O–H groups in total. The second kappa shape index (κ2) is 3.75. The van der Waals surface area contributed by atoms with Crippen LogP contribution in [0.15, 0.2) is 36.4 Å². The zero-order valence-electron chi connectivity index (χ0n) is 7.86. The summed E-state index contributed by atoms with van der Waals surface area (Å²) in [4.78, 5) is 0. The van der Waals surface area contributed by atoms with Crippen LogP contribution in [-0.2, 0) is 4.74 Å². The van der Waals surface area contributed by atoms with Crippen molar-refractivity contribution in [3.8, 4) is 0 Å². The summed E-state index contributed by atoms with van der Waals surface area (Å²) in [5.41, 5.74) is 2.61. The number of hydrogen-bond acceptors (Lipinski definition) is 1. The van der Waals surface area contributed by atoms with Gasteiger partial charge in [-0.15, -0.1) is 0 Å². The van der Waals surface area contributed by atoms with Gasteiger partial charge in [0.15, 0.2) is 0 Å². The predicted octanol–water partition coefficient (Wildman–Crippen LogP) is 2.88. The quantitative estimate of drug-likeness (QED) is 0.636. The molecule has 1 aromatic rings. The van der Waals surface area contributed by atoms with Gasteiger partial charge >= 0.3 is 0 Å². The van der Waals surface area contributed by atoms with Gasteiger partial charge in [-0.3, -0.25) is 0 Å². The van der Waals surface area contributed by atoms with E-state index < -0.39 is 0 Å². The Morgan fingerprint density at radius 2 is 2.00 bits per heavy atom. The molecule has 0 fully saturated rings. The lowest BCUT2D eigenvalue weighted by Crippen LogP contribution is -2.15.